The Balaban J connectivity index is 1.63. The normalized spacial score (nSPS) is 27.0. The van der Waals surface area contributed by atoms with E-state index in [2.05, 4.69) is 21.9 Å². The fourth-order valence-electron chi connectivity index (χ4n) is 2.86. The fourth-order valence-corrected chi connectivity index (χ4v) is 3.92. The summed E-state index contributed by atoms with van der Waals surface area (Å²) in [6.07, 6.45) is 8.24. The first kappa shape index (κ1) is 14.7. The maximum atomic E-state index is 12.1. The number of piperidine rings is 1. The van der Waals surface area contributed by atoms with Gasteiger partial charge in [0.1, 0.15) is 11.8 Å². The molecule has 2 aliphatic heterocycles. The predicted octanol–water partition coefficient (Wildman–Crippen LogP) is 2.33. The molecular weight excluding hydrogens is 282 g/mol. The van der Waals surface area contributed by atoms with Crippen molar-refractivity contribution in [2.45, 2.75) is 25.0 Å². The van der Waals surface area contributed by atoms with Crippen LogP contribution < -0.4 is 0 Å². The van der Waals surface area contributed by atoms with Gasteiger partial charge in [-0.05, 0) is 45.5 Å². The van der Waals surface area contributed by atoms with Crippen LogP contribution in [0.15, 0.2) is 33.8 Å². The molecule has 3 rings (SSSR count). The minimum absolute atomic E-state index is 0.0670. The van der Waals surface area contributed by atoms with Crippen LogP contribution in [0, 0.1) is 5.92 Å². The third-order valence-corrected chi connectivity index (χ3v) is 5.58. The number of amidine groups is 1. The van der Waals surface area contributed by atoms with Crippen LogP contribution in [0.1, 0.15) is 19.8 Å². The Hall–Kier alpha value is -1.20. The molecule has 1 amide bonds. The summed E-state index contributed by atoms with van der Waals surface area (Å²) in [7, 11) is 2.17. The molecule has 0 spiro atoms. The monoisotopic (exact) mass is 303 g/mol. The van der Waals surface area contributed by atoms with E-state index < -0.39 is 0 Å². The Bertz CT molecular complexity index is 554. The van der Waals surface area contributed by atoms with E-state index in [1.165, 1.54) is 12.8 Å². The maximum Gasteiger partial charge on any atom is 0.260 e. The second kappa shape index (κ2) is 6.28. The first-order valence-corrected chi connectivity index (χ1v) is 8.54. The smallest absolute Gasteiger partial charge is 0.260 e. The Morgan fingerprint density at radius 2 is 2.10 bits per heavy atom. The molecule has 1 fully saturated rings. The molecule has 0 bridgehead atoms. The zero-order valence-corrected chi connectivity index (χ0v) is 13.4. The molecule has 0 aromatic rings. The fraction of sp³-hybridized carbons (Fsp3) is 0.562. The second-order valence-corrected chi connectivity index (χ2v) is 7.18. The number of rotatable bonds is 3. The van der Waals surface area contributed by atoms with Crippen LogP contribution in [0.2, 0.25) is 0 Å². The van der Waals surface area contributed by atoms with Crippen LogP contribution in [0.25, 0.3) is 0 Å². The predicted molar refractivity (Wildman–Crippen MR) is 89.2 cm³/mol. The highest BCUT2D eigenvalue weighted by Crippen LogP contribution is 2.25. The lowest BCUT2D eigenvalue weighted by molar-refractivity contribution is -0.118. The summed E-state index contributed by atoms with van der Waals surface area (Å²) in [5, 5.41) is 0.666. The average Bonchev–Trinajstić information content (AvgIpc) is 2.48. The molecule has 112 valence electrons. The number of amides is 1. The van der Waals surface area contributed by atoms with Crippen LogP contribution in [-0.2, 0) is 4.79 Å². The molecule has 4 nitrogen and oxygen atoms in total. The largest absolute Gasteiger partial charge is 0.306 e. The number of allylic oxidation sites excluding steroid dienone is 3. The number of fused-ring (bicyclic) bond motifs is 1. The van der Waals surface area contributed by atoms with Gasteiger partial charge in [0.15, 0.2) is 0 Å². The SMILES string of the molecule is CC1=CC=CC2C(=O)N=C(CSC3CCN(C)CC3)N=C12. The highest BCUT2D eigenvalue weighted by Gasteiger charge is 2.29. The molecule has 0 aromatic carbocycles. The van der Waals surface area contributed by atoms with Crippen molar-refractivity contribution in [3.05, 3.63) is 23.8 Å². The maximum absolute atomic E-state index is 12.1. The summed E-state index contributed by atoms with van der Waals surface area (Å²) in [5.74, 6) is 1.11. The molecule has 1 saturated heterocycles. The third kappa shape index (κ3) is 3.35. The molecule has 2 heterocycles. The highest BCUT2D eigenvalue weighted by molar-refractivity contribution is 8.00. The number of nitrogens with zero attached hydrogens (tertiary/aromatic N) is 3. The van der Waals surface area contributed by atoms with E-state index in [1.807, 2.05) is 36.9 Å². The van der Waals surface area contributed by atoms with Gasteiger partial charge in [0.05, 0.1) is 11.5 Å². The van der Waals surface area contributed by atoms with Crippen molar-refractivity contribution < 1.29 is 4.79 Å². The van der Waals surface area contributed by atoms with Gasteiger partial charge in [0.2, 0.25) is 0 Å². The van der Waals surface area contributed by atoms with Gasteiger partial charge in [0, 0.05) is 5.25 Å². The summed E-state index contributed by atoms with van der Waals surface area (Å²) < 4.78 is 0. The summed E-state index contributed by atoms with van der Waals surface area (Å²) in [6, 6.07) is 0. The van der Waals surface area contributed by atoms with Crippen LogP contribution in [-0.4, -0.2) is 53.5 Å². The van der Waals surface area contributed by atoms with Crippen molar-refractivity contribution in [3.63, 3.8) is 0 Å². The Labute approximate surface area is 130 Å². The summed E-state index contributed by atoms with van der Waals surface area (Å²) >= 11 is 1.89. The van der Waals surface area contributed by atoms with Gasteiger partial charge in [-0.1, -0.05) is 18.2 Å². The molecule has 0 N–H and O–H groups in total. The van der Waals surface area contributed by atoms with Crippen LogP contribution in [0.5, 0.6) is 0 Å². The topological polar surface area (TPSA) is 45.0 Å². The molecular formula is C16H21N3OS. The number of thioether (sulfide) groups is 1. The Morgan fingerprint density at radius 3 is 2.86 bits per heavy atom. The lowest BCUT2D eigenvalue weighted by Gasteiger charge is -2.28. The van der Waals surface area contributed by atoms with E-state index in [0.717, 1.165) is 30.1 Å². The molecule has 21 heavy (non-hydrogen) atoms. The standard InChI is InChI=1S/C16H21N3OS/c1-11-4-3-5-13-15(11)17-14(18-16(13)20)10-21-12-6-8-19(2)9-7-12/h3-5,12-13H,6-10H2,1-2H3. The highest BCUT2D eigenvalue weighted by atomic mass is 32.2. The first-order chi connectivity index (χ1) is 10.1. The number of likely N-dealkylation sites (tertiary alicyclic amines) is 1. The second-order valence-electron chi connectivity index (χ2n) is 5.89. The minimum atomic E-state index is -0.257. The van der Waals surface area contributed by atoms with Crippen LogP contribution in [0.3, 0.4) is 0 Å². The van der Waals surface area contributed by atoms with Crippen molar-refractivity contribution in [2.24, 2.45) is 15.9 Å². The van der Waals surface area contributed by atoms with Gasteiger partial charge in [-0.3, -0.25) is 4.79 Å². The van der Waals surface area contributed by atoms with Gasteiger partial charge < -0.3 is 4.90 Å². The summed E-state index contributed by atoms with van der Waals surface area (Å²) in [4.78, 5) is 23.3. The third-order valence-electron chi connectivity index (χ3n) is 4.22. The summed E-state index contributed by atoms with van der Waals surface area (Å²) in [5.41, 5.74) is 1.96. The lowest BCUT2D eigenvalue weighted by atomic mass is 9.91. The quantitative estimate of drug-likeness (QED) is 0.804. The van der Waals surface area contributed by atoms with Gasteiger partial charge in [-0.2, -0.15) is 16.8 Å². The first-order valence-electron chi connectivity index (χ1n) is 7.49. The van der Waals surface area contributed by atoms with Gasteiger partial charge >= 0.3 is 0 Å². The molecule has 0 aromatic heterocycles. The summed E-state index contributed by atoms with van der Waals surface area (Å²) in [6.45, 7) is 4.33. The molecule has 5 heteroatoms. The molecule has 0 radical (unpaired) electrons. The van der Waals surface area contributed by atoms with Crippen molar-refractivity contribution in [1.82, 2.24) is 4.90 Å². The van der Waals surface area contributed by atoms with Gasteiger partial charge in [-0.25, -0.2) is 4.99 Å². The van der Waals surface area contributed by atoms with Crippen molar-refractivity contribution in [1.29, 1.82) is 0 Å². The van der Waals surface area contributed by atoms with E-state index in [1.54, 1.807) is 0 Å². The molecule has 0 saturated carbocycles. The van der Waals surface area contributed by atoms with Crippen LogP contribution in [0.4, 0.5) is 0 Å². The molecule has 1 unspecified atom stereocenters. The van der Waals surface area contributed by atoms with Crippen molar-refractivity contribution in [2.75, 3.05) is 25.9 Å². The van der Waals surface area contributed by atoms with E-state index in [4.69, 9.17) is 0 Å². The van der Waals surface area contributed by atoms with Crippen molar-refractivity contribution in [3.8, 4) is 0 Å². The van der Waals surface area contributed by atoms with Gasteiger partial charge in [-0.15, -0.1) is 0 Å². The van der Waals surface area contributed by atoms with E-state index in [0.29, 0.717) is 11.1 Å². The van der Waals surface area contributed by atoms with E-state index >= 15 is 0 Å². The minimum Gasteiger partial charge on any atom is -0.306 e. The Morgan fingerprint density at radius 1 is 1.33 bits per heavy atom. The number of carbonyl (C=O) groups is 1. The van der Waals surface area contributed by atoms with Gasteiger partial charge in [0.25, 0.3) is 5.91 Å². The zero-order valence-electron chi connectivity index (χ0n) is 12.6. The zero-order chi connectivity index (χ0) is 14.8. The average molecular weight is 303 g/mol. The Kier molecular flexibility index (Phi) is 4.40. The van der Waals surface area contributed by atoms with Crippen molar-refractivity contribution >= 4 is 29.2 Å². The van der Waals surface area contributed by atoms with E-state index in [-0.39, 0.29) is 11.8 Å². The van der Waals surface area contributed by atoms with Crippen LogP contribution >= 0.6 is 11.8 Å². The number of hydrogen-bond acceptors (Lipinski definition) is 4. The van der Waals surface area contributed by atoms with E-state index in [9.17, 15) is 4.79 Å². The number of carbonyl (C=O) groups excluding carboxylic acids is 1. The number of aliphatic imine (C=N–C) groups is 2. The molecule has 1 aliphatic carbocycles. The molecule has 1 atom stereocenters. The lowest BCUT2D eigenvalue weighted by Crippen LogP contribution is -2.32. The molecule has 3 aliphatic rings. The number of hydrogen-bond donors (Lipinski definition) is 0.